The van der Waals surface area contributed by atoms with Gasteiger partial charge < -0.3 is 9.97 Å². The fourth-order valence-corrected chi connectivity index (χ4v) is 8.18. The normalized spacial score (nSPS) is 13.3. The summed E-state index contributed by atoms with van der Waals surface area (Å²) in [6.07, 6.45) is 4.55. The van der Waals surface area contributed by atoms with E-state index in [9.17, 15) is 4.39 Å². The summed E-state index contributed by atoms with van der Waals surface area (Å²) in [7, 11) is -1.56. The van der Waals surface area contributed by atoms with Gasteiger partial charge >= 0.3 is 0 Å². The third kappa shape index (κ3) is 8.06. The molecule has 2 aromatic carbocycles. The number of halogens is 1. The van der Waals surface area contributed by atoms with Gasteiger partial charge in [-0.1, -0.05) is 94.5 Å². The van der Waals surface area contributed by atoms with Crippen molar-refractivity contribution >= 4 is 44.9 Å². The fourth-order valence-electron chi connectivity index (χ4n) is 5.37. The van der Waals surface area contributed by atoms with Crippen molar-refractivity contribution in [2.75, 3.05) is 0 Å². The average Bonchev–Trinajstić information content (AvgIpc) is 3.37. The van der Waals surface area contributed by atoms with Crippen LogP contribution < -0.4 is 5.19 Å². The van der Waals surface area contributed by atoms with Gasteiger partial charge in [-0.3, -0.25) is 4.39 Å². The van der Waals surface area contributed by atoms with E-state index in [1.54, 1.807) is 17.5 Å². The van der Waals surface area contributed by atoms with E-state index in [1.807, 2.05) is 57.3 Å². The topological polar surface area (TPSA) is 38.7 Å². The summed E-state index contributed by atoms with van der Waals surface area (Å²) >= 11 is 1.68. The Hall–Kier alpha value is -3.09. The molecule has 3 nitrogen and oxygen atoms in total. The summed E-state index contributed by atoms with van der Waals surface area (Å²) in [5, 5.41) is 3.64. The van der Waals surface area contributed by atoms with Gasteiger partial charge in [0.25, 0.3) is 0 Å². The summed E-state index contributed by atoms with van der Waals surface area (Å²) in [6.45, 7) is 14.6. The molecule has 4 heterocycles. The maximum Gasteiger partial charge on any atom is 0.113 e. The summed E-state index contributed by atoms with van der Waals surface area (Å²) in [6, 6.07) is 22.6. The van der Waals surface area contributed by atoms with E-state index in [-0.39, 0.29) is 31.2 Å². The number of aryl methyl sites for hydroxylation is 2. The molecule has 0 amide bonds. The van der Waals surface area contributed by atoms with E-state index in [2.05, 4.69) is 72.7 Å². The molecule has 46 heavy (non-hydrogen) atoms. The molecular weight excluding hydrogens is 782 g/mol. The number of aromatic nitrogens is 3. The first-order valence-corrected chi connectivity index (χ1v) is 19.5. The summed E-state index contributed by atoms with van der Waals surface area (Å²) < 4.78 is 46.1. The molecule has 0 atom stereocenters. The molecule has 241 valence electrons. The van der Waals surface area contributed by atoms with Crippen molar-refractivity contribution in [1.29, 1.82) is 0 Å². The first-order valence-electron chi connectivity index (χ1n) is 17.2. The van der Waals surface area contributed by atoms with Crippen LogP contribution in [0, 0.1) is 37.6 Å². The van der Waals surface area contributed by atoms with Gasteiger partial charge in [-0.25, -0.2) is 4.98 Å². The molecule has 1 radical (unpaired) electrons. The zero-order valence-corrected chi connectivity index (χ0v) is 31.8. The van der Waals surface area contributed by atoms with E-state index >= 15 is 0 Å². The van der Waals surface area contributed by atoms with Gasteiger partial charge in [0.15, 0.2) is 0 Å². The number of rotatable bonds is 6. The molecule has 0 unspecified atom stereocenters. The van der Waals surface area contributed by atoms with Crippen molar-refractivity contribution < 1.29 is 30.0 Å². The second kappa shape index (κ2) is 14.8. The Bertz CT molecular complexity index is 2140. The first kappa shape index (κ1) is 30.3. The number of benzene rings is 2. The third-order valence-corrected chi connectivity index (χ3v) is 10.8. The van der Waals surface area contributed by atoms with Crippen LogP contribution in [-0.4, -0.2) is 23.0 Å². The van der Waals surface area contributed by atoms with E-state index in [4.69, 9.17) is 5.48 Å². The van der Waals surface area contributed by atoms with Gasteiger partial charge in [0.2, 0.25) is 0 Å². The van der Waals surface area contributed by atoms with E-state index in [0.29, 0.717) is 11.6 Å². The van der Waals surface area contributed by atoms with Crippen LogP contribution in [0.5, 0.6) is 0 Å². The Labute approximate surface area is 297 Å². The maximum atomic E-state index is 14.5. The van der Waals surface area contributed by atoms with Crippen molar-refractivity contribution in [3.05, 3.63) is 107 Å². The summed E-state index contributed by atoms with van der Waals surface area (Å²) in [5.74, 6) is -0.765. The van der Waals surface area contributed by atoms with Crippen molar-refractivity contribution in [3.8, 4) is 22.5 Å². The zero-order valence-electron chi connectivity index (χ0n) is 31.6. The Kier molecular flexibility index (Phi) is 9.71. The Morgan fingerprint density at radius 2 is 1.72 bits per heavy atom. The van der Waals surface area contributed by atoms with Crippen LogP contribution >= 0.6 is 11.3 Å². The molecule has 0 spiro atoms. The molecular formula is C39H42FIrN3SSi-2. The molecule has 4 aromatic heterocycles. The molecule has 0 aliphatic rings. The molecule has 0 N–H and O–H groups in total. The van der Waals surface area contributed by atoms with Crippen molar-refractivity contribution in [1.82, 2.24) is 15.0 Å². The van der Waals surface area contributed by atoms with Crippen molar-refractivity contribution in [2.45, 2.75) is 73.4 Å². The minimum atomic E-state index is -2.34. The molecule has 0 saturated heterocycles. The van der Waals surface area contributed by atoms with Crippen molar-refractivity contribution in [3.63, 3.8) is 0 Å². The number of hydrogen-bond acceptors (Lipinski definition) is 4. The zero-order chi connectivity index (χ0) is 35.9. The maximum absolute atomic E-state index is 14.5. The second-order valence-corrected chi connectivity index (χ2v) is 19.2. The van der Waals surface area contributed by atoms with Gasteiger partial charge in [0.05, 0.1) is 8.07 Å². The monoisotopic (exact) mass is 828 g/mol. The van der Waals surface area contributed by atoms with Crippen LogP contribution in [0.25, 0.3) is 42.8 Å². The number of hydrogen-bond donors (Lipinski definition) is 0. The smallest absolute Gasteiger partial charge is 0.113 e. The predicted octanol–water partition coefficient (Wildman–Crippen LogP) is 10.5. The van der Waals surface area contributed by atoms with E-state index in [0.717, 1.165) is 44.5 Å². The first-order chi connectivity index (χ1) is 22.8. The van der Waals surface area contributed by atoms with Crippen LogP contribution in [0.4, 0.5) is 4.39 Å². The number of fused-ring (bicyclic) bond motifs is 3. The van der Waals surface area contributed by atoms with Crippen LogP contribution in [0.15, 0.2) is 67.0 Å². The second-order valence-electron chi connectivity index (χ2n) is 13.1. The molecule has 0 aliphatic carbocycles. The Balaban J connectivity index is 0.000000220. The molecule has 6 aromatic rings. The van der Waals surface area contributed by atoms with Crippen LogP contribution in [-0.2, 0) is 26.5 Å². The minimum absolute atomic E-state index is 0. The summed E-state index contributed by atoms with van der Waals surface area (Å²) in [5.41, 5.74) is 5.71. The molecule has 7 heteroatoms. The minimum Gasteiger partial charge on any atom is -0.305 e. The Morgan fingerprint density at radius 1 is 0.957 bits per heavy atom. The number of thiophene rings is 1. The van der Waals surface area contributed by atoms with Crippen LogP contribution in [0.2, 0.25) is 19.6 Å². The predicted molar refractivity (Wildman–Crippen MR) is 193 cm³/mol. The Morgan fingerprint density at radius 3 is 2.39 bits per heavy atom. The van der Waals surface area contributed by atoms with E-state index < -0.39 is 26.6 Å². The van der Waals surface area contributed by atoms with Gasteiger partial charge in [-0.2, -0.15) is 11.3 Å². The number of pyridine rings is 3. The molecule has 0 bridgehead atoms. The fraction of sp³-hybridized carbons (Fsp3) is 0.308. The van der Waals surface area contributed by atoms with Crippen LogP contribution in [0.3, 0.4) is 0 Å². The molecule has 0 aliphatic heterocycles. The van der Waals surface area contributed by atoms with Gasteiger partial charge in [-0.15, -0.1) is 47.5 Å². The molecule has 0 fully saturated rings. The van der Waals surface area contributed by atoms with Crippen LogP contribution in [0.1, 0.15) is 61.5 Å². The molecule has 0 saturated carbocycles. The summed E-state index contributed by atoms with van der Waals surface area (Å²) in [4.78, 5) is 14.7. The van der Waals surface area contributed by atoms with E-state index in [1.165, 1.54) is 27.6 Å². The standard InChI is InChI=1S/C20H17N2S.C19H25FNSi.Ir/c1-12(2)14-9-10-21-18(11-14)17-6-4-5-15-16-8-7-13(3)22-20(16)23-19(15)17;1-13(2)9-15-11-18(21-12-19(15)22(4,5)6)16-8-7-14(3)10-17(16)20;/h4-5,7-12H,1-3H3;7,10-13H,9H2,1-6H3;/q2*-1;/i12D;3D3;. The molecule has 6 rings (SSSR count). The number of nitrogens with zero attached hydrogens (tertiary/aromatic N) is 3. The quantitative estimate of drug-likeness (QED) is 0.124. The average molecular weight is 828 g/mol. The largest absolute Gasteiger partial charge is 0.305 e. The van der Waals surface area contributed by atoms with Gasteiger partial charge in [-0.05, 0) is 63.9 Å². The van der Waals surface area contributed by atoms with Crippen molar-refractivity contribution in [2.24, 2.45) is 5.92 Å². The van der Waals surface area contributed by atoms with Gasteiger partial charge in [0, 0.05) is 49.5 Å². The van der Waals surface area contributed by atoms with Gasteiger partial charge in [0.1, 0.15) is 4.83 Å². The third-order valence-electron chi connectivity index (χ3n) is 7.61. The SMILES string of the molecule is [2H]C(C)(C)c1ccnc(-c2[c-]ccc3c2sc2nc(C)ccc23)c1.[2H]C([2H])([2H])c1c[c-]c(-c2cc(CC(C)C)c([Si](C)(C)C)cn2)c(F)c1.[Ir].